The highest BCUT2D eigenvalue weighted by molar-refractivity contribution is 5.47. The Morgan fingerprint density at radius 1 is 1.08 bits per heavy atom. The van der Waals surface area contributed by atoms with Crippen molar-refractivity contribution in [1.82, 2.24) is 4.90 Å². The highest BCUT2D eigenvalue weighted by Crippen LogP contribution is 2.26. The molecule has 0 aromatic heterocycles. The van der Waals surface area contributed by atoms with Crippen LogP contribution in [0.15, 0.2) is 24.3 Å². The molecule has 0 spiro atoms. The van der Waals surface area contributed by atoms with E-state index in [0.29, 0.717) is 12.0 Å². The first-order chi connectivity index (χ1) is 11.6. The first kappa shape index (κ1) is 17.8. The van der Waals surface area contributed by atoms with Crippen LogP contribution in [0.1, 0.15) is 38.7 Å². The summed E-state index contributed by atoms with van der Waals surface area (Å²) in [5.74, 6) is 1.46. The summed E-state index contributed by atoms with van der Waals surface area (Å²) in [4.78, 5) is 5.25. The van der Waals surface area contributed by atoms with Crippen LogP contribution < -0.4 is 4.90 Å². The van der Waals surface area contributed by atoms with E-state index >= 15 is 0 Å². The molecule has 2 saturated heterocycles. The van der Waals surface area contributed by atoms with Gasteiger partial charge in [-0.25, -0.2) is 0 Å². The molecule has 1 aromatic rings. The molecule has 3 nitrogen and oxygen atoms in total. The van der Waals surface area contributed by atoms with Crippen molar-refractivity contribution in [2.75, 3.05) is 44.2 Å². The van der Waals surface area contributed by atoms with E-state index in [1.165, 1.54) is 56.7 Å². The average molecular weight is 331 g/mol. The van der Waals surface area contributed by atoms with Gasteiger partial charge >= 0.3 is 0 Å². The zero-order valence-electron chi connectivity index (χ0n) is 15.7. The number of rotatable bonds is 4. The fourth-order valence-electron chi connectivity index (χ4n) is 4.06. The van der Waals surface area contributed by atoms with E-state index in [1.807, 2.05) is 0 Å². The molecule has 2 aliphatic rings. The van der Waals surface area contributed by atoms with Gasteiger partial charge in [-0.3, -0.25) is 0 Å². The second kappa shape index (κ2) is 8.35. The topological polar surface area (TPSA) is 15.7 Å². The second-order valence-electron chi connectivity index (χ2n) is 8.02. The molecule has 0 unspecified atom stereocenters. The number of ether oxygens (including phenoxy) is 1. The third kappa shape index (κ3) is 4.73. The van der Waals surface area contributed by atoms with E-state index in [-0.39, 0.29) is 0 Å². The lowest BCUT2D eigenvalue weighted by molar-refractivity contribution is -0.0395. The SMILES string of the molecule is Cc1ccc(N2CCCN(C[C@@H]3CCO[C@@H](C(C)C)C3)CC2)cc1. The highest BCUT2D eigenvalue weighted by Gasteiger charge is 2.27. The lowest BCUT2D eigenvalue weighted by Crippen LogP contribution is -2.38. The minimum atomic E-state index is 0.472. The lowest BCUT2D eigenvalue weighted by Gasteiger charge is -2.34. The Kier molecular flexibility index (Phi) is 6.18. The van der Waals surface area contributed by atoms with Crippen LogP contribution in [0.3, 0.4) is 0 Å². The Bertz CT molecular complexity index is 499. The minimum Gasteiger partial charge on any atom is -0.378 e. The van der Waals surface area contributed by atoms with Gasteiger partial charge in [-0.05, 0) is 56.7 Å². The zero-order valence-corrected chi connectivity index (χ0v) is 15.7. The molecule has 0 N–H and O–H groups in total. The van der Waals surface area contributed by atoms with Gasteiger partial charge in [0.15, 0.2) is 0 Å². The third-order valence-corrected chi connectivity index (χ3v) is 5.67. The summed E-state index contributed by atoms with van der Waals surface area (Å²) >= 11 is 0. The van der Waals surface area contributed by atoms with Crippen molar-refractivity contribution in [3.63, 3.8) is 0 Å². The van der Waals surface area contributed by atoms with Crippen molar-refractivity contribution in [2.45, 2.75) is 46.1 Å². The fraction of sp³-hybridized carbons (Fsp3) is 0.714. The van der Waals surface area contributed by atoms with Crippen LogP contribution in [-0.2, 0) is 4.74 Å². The molecule has 0 amide bonds. The molecule has 3 rings (SSSR count). The maximum Gasteiger partial charge on any atom is 0.0601 e. The molecule has 2 atom stereocenters. The Balaban J connectivity index is 1.51. The normalized spacial score (nSPS) is 26.6. The van der Waals surface area contributed by atoms with Gasteiger partial charge in [0.05, 0.1) is 6.10 Å². The number of aryl methyl sites for hydroxylation is 1. The van der Waals surface area contributed by atoms with E-state index in [2.05, 4.69) is 54.8 Å². The number of hydrogen-bond acceptors (Lipinski definition) is 3. The molecule has 134 valence electrons. The Hall–Kier alpha value is -1.06. The van der Waals surface area contributed by atoms with Gasteiger partial charge < -0.3 is 14.5 Å². The quantitative estimate of drug-likeness (QED) is 0.831. The van der Waals surface area contributed by atoms with Crippen LogP contribution in [-0.4, -0.2) is 50.3 Å². The van der Waals surface area contributed by atoms with Gasteiger partial charge in [-0.1, -0.05) is 31.5 Å². The van der Waals surface area contributed by atoms with Crippen molar-refractivity contribution in [1.29, 1.82) is 0 Å². The molecule has 24 heavy (non-hydrogen) atoms. The molecule has 3 heteroatoms. The largest absolute Gasteiger partial charge is 0.378 e. The van der Waals surface area contributed by atoms with Crippen LogP contribution in [0.4, 0.5) is 5.69 Å². The molecule has 2 heterocycles. The van der Waals surface area contributed by atoms with Crippen LogP contribution >= 0.6 is 0 Å². The third-order valence-electron chi connectivity index (χ3n) is 5.67. The molecule has 1 aromatic carbocycles. The minimum absolute atomic E-state index is 0.472. The van der Waals surface area contributed by atoms with Crippen molar-refractivity contribution in [2.24, 2.45) is 11.8 Å². The van der Waals surface area contributed by atoms with Crippen LogP contribution in [0.2, 0.25) is 0 Å². The molecule has 0 bridgehead atoms. The summed E-state index contributed by atoms with van der Waals surface area (Å²) < 4.78 is 5.94. The van der Waals surface area contributed by atoms with Crippen molar-refractivity contribution < 1.29 is 4.74 Å². The first-order valence-electron chi connectivity index (χ1n) is 9.77. The van der Waals surface area contributed by atoms with E-state index in [4.69, 9.17) is 4.74 Å². The van der Waals surface area contributed by atoms with E-state index < -0.39 is 0 Å². The van der Waals surface area contributed by atoms with Crippen molar-refractivity contribution in [3.8, 4) is 0 Å². The van der Waals surface area contributed by atoms with Crippen molar-refractivity contribution >= 4 is 5.69 Å². The summed E-state index contributed by atoms with van der Waals surface area (Å²) in [6, 6.07) is 9.01. The van der Waals surface area contributed by atoms with Gasteiger partial charge in [0.25, 0.3) is 0 Å². The maximum absolute atomic E-state index is 5.94. The molecule has 2 aliphatic heterocycles. The number of benzene rings is 1. The molecule has 0 aliphatic carbocycles. The van der Waals surface area contributed by atoms with Crippen molar-refractivity contribution in [3.05, 3.63) is 29.8 Å². The Labute approximate surface area is 148 Å². The van der Waals surface area contributed by atoms with Gasteiger partial charge in [0.2, 0.25) is 0 Å². The number of anilines is 1. The average Bonchev–Trinajstić information content (AvgIpc) is 2.81. The number of hydrogen-bond donors (Lipinski definition) is 0. The van der Waals surface area contributed by atoms with Crippen LogP contribution in [0.25, 0.3) is 0 Å². The summed E-state index contributed by atoms with van der Waals surface area (Å²) in [6.45, 7) is 13.7. The monoisotopic (exact) mass is 330 g/mol. The number of nitrogens with zero attached hydrogens (tertiary/aromatic N) is 2. The first-order valence-corrected chi connectivity index (χ1v) is 9.77. The molecule has 0 radical (unpaired) electrons. The summed E-state index contributed by atoms with van der Waals surface area (Å²) in [6.07, 6.45) is 4.22. The maximum atomic E-state index is 5.94. The molecule has 0 saturated carbocycles. The Morgan fingerprint density at radius 3 is 2.62 bits per heavy atom. The predicted octanol–water partition coefficient (Wildman–Crippen LogP) is 3.96. The summed E-state index contributed by atoms with van der Waals surface area (Å²) in [5, 5.41) is 0. The fourth-order valence-corrected chi connectivity index (χ4v) is 4.06. The zero-order chi connectivity index (χ0) is 16.9. The summed E-state index contributed by atoms with van der Waals surface area (Å²) in [5.41, 5.74) is 2.72. The smallest absolute Gasteiger partial charge is 0.0601 e. The van der Waals surface area contributed by atoms with Gasteiger partial charge in [0.1, 0.15) is 0 Å². The van der Waals surface area contributed by atoms with Gasteiger partial charge in [-0.15, -0.1) is 0 Å². The summed E-state index contributed by atoms with van der Waals surface area (Å²) in [7, 11) is 0. The van der Waals surface area contributed by atoms with E-state index in [0.717, 1.165) is 19.1 Å². The Morgan fingerprint density at radius 2 is 1.88 bits per heavy atom. The van der Waals surface area contributed by atoms with Gasteiger partial charge in [-0.2, -0.15) is 0 Å². The van der Waals surface area contributed by atoms with Crippen LogP contribution in [0, 0.1) is 18.8 Å². The highest BCUT2D eigenvalue weighted by atomic mass is 16.5. The molecular formula is C21H34N2O. The predicted molar refractivity (Wildman–Crippen MR) is 102 cm³/mol. The lowest BCUT2D eigenvalue weighted by atomic mass is 9.90. The molecule has 2 fully saturated rings. The standard InChI is InChI=1S/C21H34N2O/c1-17(2)21-15-19(9-14-24-21)16-22-10-4-11-23(13-12-22)20-7-5-18(3)6-8-20/h5-8,17,19,21H,4,9-16H2,1-3H3/t19-,21-/m1/s1. The second-order valence-corrected chi connectivity index (χ2v) is 8.02. The van der Waals surface area contributed by atoms with Crippen LogP contribution in [0.5, 0.6) is 0 Å². The van der Waals surface area contributed by atoms with E-state index in [9.17, 15) is 0 Å². The van der Waals surface area contributed by atoms with E-state index in [1.54, 1.807) is 0 Å². The van der Waals surface area contributed by atoms with Gasteiger partial charge in [0, 0.05) is 38.5 Å². The molecular weight excluding hydrogens is 296 g/mol.